The molecule has 0 radical (unpaired) electrons. The second kappa shape index (κ2) is 7.97. The summed E-state index contributed by atoms with van der Waals surface area (Å²) in [7, 11) is 1.31. The first kappa shape index (κ1) is 11.7. The lowest BCUT2D eigenvalue weighted by atomic mass is 10.7. The van der Waals surface area contributed by atoms with Gasteiger partial charge < -0.3 is 9.84 Å². The van der Waals surface area contributed by atoms with Crippen molar-refractivity contribution in [1.82, 2.24) is 0 Å². The van der Waals surface area contributed by atoms with Crippen LogP contribution in [-0.4, -0.2) is 23.6 Å². The summed E-state index contributed by atoms with van der Waals surface area (Å²) in [5.41, 5.74) is -1.36. The molecule has 5 heteroatoms. The Kier molecular flexibility index (Phi) is 9.35. The summed E-state index contributed by atoms with van der Waals surface area (Å²) >= 11 is 4.19. The molecule has 0 aromatic carbocycles. The fraction of sp³-hybridized carbons (Fsp3) is 0.200. The number of hydrogen-bond acceptors (Lipinski definition) is 3. The summed E-state index contributed by atoms with van der Waals surface area (Å²) in [5, 5.41) is 7.18. The Morgan fingerprint density at radius 3 is 2.00 bits per heavy atom. The van der Waals surface area contributed by atoms with Gasteiger partial charge in [-0.2, -0.15) is 0 Å². The summed E-state index contributed by atoms with van der Waals surface area (Å²) in [4.78, 5) is 18.6. The first-order valence-electron chi connectivity index (χ1n) is 2.13. The molecule has 4 nitrogen and oxygen atoms in total. The highest BCUT2D eigenvalue weighted by Gasteiger charge is 1.81. The molecule has 0 saturated heterocycles. The first-order valence-corrected chi connectivity index (χ1v) is 2.51. The second-order valence-electron chi connectivity index (χ2n) is 0.980. The lowest BCUT2D eigenvalue weighted by Gasteiger charge is -1.83. The highest BCUT2D eigenvalue weighted by atomic mass is 35.5. The molecule has 0 aliphatic heterocycles. The highest BCUT2D eigenvalue weighted by molar-refractivity contribution is 6.60. The SMILES string of the molecule is C=CC(=O)OC.O=C(O)Cl. The normalized spacial score (nSPS) is 6.60. The number of methoxy groups -OCH3 is 1. The van der Waals surface area contributed by atoms with Gasteiger partial charge in [-0.05, 0) is 0 Å². The van der Waals surface area contributed by atoms with Crippen molar-refractivity contribution in [2.45, 2.75) is 0 Å². The summed E-state index contributed by atoms with van der Waals surface area (Å²) in [6, 6.07) is 0. The van der Waals surface area contributed by atoms with Crippen LogP contribution in [0, 0.1) is 0 Å². The van der Waals surface area contributed by atoms with Crippen LogP contribution in [0.15, 0.2) is 12.7 Å². The van der Waals surface area contributed by atoms with E-state index in [0.29, 0.717) is 0 Å². The Labute approximate surface area is 63.0 Å². The van der Waals surface area contributed by atoms with Crippen molar-refractivity contribution >= 4 is 23.0 Å². The summed E-state index contributed by atoms with van der Waals surface area (Å²) in [5.74, 6) is -0.394. The Balaban J connectivity index is 0. The zero-order valence-corrected chi connectivity index (χ0v) is 6.09. The number of halogens is 1. The molecule has 0 aromatic heterocycles. The average molecular weight is 167 g/mol. The maximum absolute atomic E-state index is 9.84. The van der Waals surface area contributed by atoms with Crippen LogP contribution in [0.25, 0.3) is 0 Å². The summed E-state index contributed by atoms with van der Waals surface area (Å²) in [6.45, 7) is 3.16. The molecule has 1 N–H and O–H groups in total. The predicted octanol–water partition coefficient (Wildman–Crippen LogP) is 1.25. The van der Waals surface area contributed by atoms with Crippen LogP contribution in [0.1, 0.15) is 0 Å². The average Bonchev–Trinajstić information content (AvgIpc) is 1.85. The number of esters is 1. The minimum absolute atomic E-state index is 0.394. The van der Waals surface area contributed by atoms with Gasteiger partial charge in [-0.25, -0.2) is 9.59 Å². The van der Waals surface area contributed by atoms with E-state index in [-0.39, 0.29) is 0 Å². The molecule has 10 heavy (non-hydrogen) atoms. The quantitative estimate of drug-likeness (QED) is 0.362. The number of rotatable bonds is 1. The fourth-order valence-electron chi connectivity index (χ4n) is 0.0833. The number of carboxylic acid groups (broad SMARTS) is 1. The molecule has 0 aromatic rings. The Hall–Kier alpha value is -1.03. The molecule has 0 unspecified atom stereocenters. The van der Waals surface area contributed by atoms with Gasteiger partial charge in [0.25, 0.3) is 0 Å². The molecular weight excluding hydrogens is 160 g/mol. The van der Waals surface area contributed by atoms with Crippen LogP contribution >= 0.6 is 11.6 Å². The van der Waals surface area contributed by atoms with Crippen molar-refractivity contribution in [3.63, 3.8) is 0 Å². The van der Waals surface area contributed by atoms with Crippen LogP contribution in [0.5, 0.6) is 0 Å². The monoisotopic (exact) mass is 166 g/mol. The number of carbonyl (C=O) groups is 2. The summed E-state index contributed by atoms with van der Waals surface area (Å²) in [6.07, 6.45) is 1.11. The van der Waals surface area contributed by atoms with E-state index in [4.69, 9.17) is 9.90 Å². The third-order valence-electron chi connectivity index (χ3n) is 0.368. The van der Waals surface area contributed by atoms with E-state index >= 15 is 0 Å². The van der Waals surface area contributed by atoms with Gasteiger partial charge in [0.15, 0.2) is 0 Å². The predicted molar refractivity (Wildman–Crippen MR) is 36.1 cm³/mol. The van der Waals surface area contributed by atoms with Gasteiger partial charge in [0, 0.05) is 17.7 Å². The van der Waals surface area contributed by atoms with Crippen LogP contribution in [0.3, 0.4) is 0 Å². The van der Waals surface area contributed by atoms with Crippen LogP contribution in [0.2, 0.25) is 0 Å². The molecule has 0 atom stereocenters. The number of hydrogen-bond donors (Lipinski definition) is 1. The van der Waals surface area contributed by atoms with E-state index in [9.17, 15) is 4.79 Å². The van der Waals surface area contributed by atoms with E-state index in [0.717, 1.165) is 6.08 Å². The minimum atomic E-state index is -1.36. The van der Waals surface area contributed by atoms with Gasteiger partial charge in [0.1, 0.15) is 0 Å². The zero-order chi connectivity index (χ0) is 8.57. The number of carbonyl (C=O) groups excluding carboxylic acids is 1. The molecule has 0 spiro atoms. The lowest BCUT2D eigenvalue weighted by Crippen LogP contribution is -1.91. The van der Waals surface area contributed by atoms with Gasteiger partial charge in [-0.15, -0.1) is 0 Å². The smallest absolute Gasteiger partial charge is 0.401 e. The van der Waals surface area contributed by atoms with Crippen LogP contribution in [0.4, 0.5) is 4.79 Å². The summed E-state index contributed by atoms with van der Waals surface area (Å²) < 4.78 is 4.14. The van der Waals surface area contributed by atoms with E-state index in [1.165, 1.54) is 7.11 Å². The standard InChI is InChI=1S/C4H6O2.CHClO2/c1-3-4(5)6-2;2-1(3)4/h3H,1H2,2H3;(H,3,4). The van der Waals surface area contributed by atoms with E-state index in [1.54, 1.807) is 0 Å². The maximum atomic E-state index is 9.84. The largest absolute Gasteiger partial charge is 0.469 e. The molecule has 58 valence electrons. The zero-order valence-electron chi connectivity index (χ0n) is 5.33. The van der Waals surface area contributed by atoms with E-state index in [2.05, 4.69) is 22.9 Å². The minimum Gasteiger partial charge on any atom is -0.469 e. The highest BCUT2D eigenvalue weighted by Crippen LogP contribution is 1.68. The molecule has 0 fully saturated rings. The first-order chi connectivity index (χ1) is 4.54. The molecular formula is C5H7ClO4. The Morgan fingerprint density at radius 2 is 2.00 bits per heavy atom. The van der Waals surface area contributed by atoms with Gasteiger partial charge in [0.2, 0.25) is 0 Å². The molecule has 0 saturated carbocycles. The molecule has 0 heterocycles. The second-order valence-corrected chi connectivity index (χ2v) is 1.30. The van der Waals surface area contributed by atoms with Crippen molar-refractivity contribution < 1.29 is 19.4 Å². The van der Waals surface area contributed by atoms with Crippen molar-refractivity contribution in [2.24, 2.45) is 0 Å². The van der Waals surface area contributed by atoms with E-state index < -0.39 is 11.4 Å². The van der Waals surface area contributed by atoms with Crippen molar-refractivity contribution in [1.29, 1.82) is 0 Å². The van der Waals surface area contributed by atoms with E-state index in [1.807, 2.05) is 0 Å². The van der Waals surface area contributed by atoms with Crippen molar-refractivity contribution in [3.05, 3.63) is 12.7 Å². The van der Waals surface area contributed by atoms with Crippen molar-refractivity contribution in [3.8, 4) is 0 Å². The maximum Gasteiger partial charge on any atom is 0.401 e. The molecule has 0 bridgehead atoms. The van der Waals surface area contributed by atoms with Crippen LogP contribution in [-0.2, 0) is 9.53 Å². The third-order valence-corrected chi connectivity index (χ3v) is 0.368. The third kappa shape index (κ3) is 28.2. The van der Waals surface area contributed by atoms with Gasteiger partial charge in [-0.1, -0.05) is 6.58 Å². The molecule has 0 aliphatic carbocycles. The van der Waals surface area contributed by atoms with Crippen molar-refractivity contribution in [2.75, 3.05) is 7.11 Å². The fourth-order valence-corrected chi connectivity index (χ4v) is 0.0833. The Bertz CT molecular complexity index is 128. The van der Waals surface area contributed by atoms with Gasteiger partial charge in [0.05, 0.1) is 7.11 Å². The molecule has 0 rings (SSSR count). The van der Waals surface area contributed by atoms with Gasteiger partial charge >= 0.3 is 11.4 Å². The van der Waals surface area contributed by atoms with Crippen LogP contribution < -0.4 is 0 Å². The topological polar surface area (TPSA) is 63.6 Å². The lowest BCUT2D eigenvalue weighted by molar-refractivity contribution is -0.134. The Morgan fingerprint density at radius 1 is 1.70 bits per heavy atom. The molecule has 0 amide bonds. The molecule has 0 aliphatic rings. The van der Waals surface area contributed by atoms with Gasteiger partial charge in [-0.3, -0.25) is 0 Å². The number of ether oxygens (including phenoxy) is 1.